The van der Waals surface area contributed by atoms with Crippen LogP contribution in [-0.2, 0) is 6.42 Å². The van der Waals surface area contributed by atoms with Crippen LogP contribution in [0.15, 0.2) is 6.33 Å². The Balaban J connectivity index is 2.08. The Labute approximate surface area is 109 Å². The number of nitrogens with one attached hydrogen (secondary N) is 1. The summed E-state index contributed by atoms with van der Waals surface area (Å²) in [5, 5.41) is 3.51. The minimum Gasteiger partial charge on any atom is -0.383 e. The van der Waals surface area contributed by atoms with Crippen LogP contribution in [0.1, 0.15) is 51.5 Å². The molecule has 100 valence electrons. The second-order valence-corrected chi connectivity index (χ2v) is 5.35. The Morgan fingerprint density at radius 1 is 1.28 bits per heavy atom. The molecule has 0 aliphatic heterocycles. The molecule has 1 aromatic heterocycles. The second-order valence-electron chi connectivity index (χ2n) is 5.35. The Morgan fingerprint density at radius 2 is 2.00 bits per heavy atom. The number of hydrogen-bond acceptors (Lipinski definition) is 4. The molecule has 0 atom stereocenters. The van der Waals surface area contributed by atoms with E-state index in [1.807, 2.05) is 0 Å². The van der Waals surface area contributed by atoms with Crippen LogP contribution in [0.25, 0.3) is 0 Å². The van der Waals surface area contributed by atoms with Gasteiger partial charge in [-0.1, -0.05) is 26.7 Å². The zero-order valence-electron chi connectivity index (χ0n) is 11.5. The molecule has 2 rings (SSSR count). The molecule has 0 aromatic carbocycles. The molecule has 0 saturated heterocycles. The highest BCUT2D eigenvalue weighted by Gasteiger charge is 2.31. The van der Waals surface area contributed by atoms with E-state index in [2.05, 4.69) is 29.1 Å². The van der Waals surface area contributed by atoms with Crippen molar-refractivity contribution < 1.29 is 0 Å². The maximum atomic E-state index is 5.89. The fraction of sp³-hybridized carbons (Fsp3) is 0.714. The third-order valence-corrected chi connectivity index (χ3v) is 4.38. The first-order chi connectivity index (χ1) is 8.71. The number of anilines is 2. The first-order valence-electron chi connectivity index (χ1n) is 7.04. The van der Waals surface area contributed by atoms with Crippen LogP contribution in [0.4, 0.5) is 11.6 Å². The predicted octanol–water partition coefficient (Wildman–Crippen LogP) is 3.00. The molecule has 0 unspecified atom stereocenters. The van der Waals surface area contributed by atoms with Crippen LogP contribution < -0.4 is 11.1 Å². The van der Waals surface area contributed by atoms with Crippen molar-refractivity contribution in [2.24, 2.45) is 5.41 Å². The molecule has 1 aliphatic rings. The van der Waals surface area contributed by atoms with E-state index in [0.717, 1.165) is 24.3 Å². The molecule has 0 bridgehead atoms. The summed E-state index contributed by atoms with van der Waals surface area (Å²) in [6, 6.07) is 0. The molecule has 0 amide bonds. The monoisotopic (exact) mass is 248 g/mol. The van der Waals surface area contributed by atoms with Gasteiger partial charge in [0.15, 0.2) is 0 Å². The summed E-state index contributed by atoms with van der Waals surface area (Å²) in [5.74, 6) is 1.52. The summed E-state index contributed by atoms with van der Waals surface area (Å²) >= 11 is 0. The number of hydrogen-bond donors (Lipinski definition) is 2. The zero-order chi connectivity index (χ0) is 13.0. The van der Waals surface area contributed by atoms with E-state index in [1.54, 1.807) is 6.33 Å². The van der Waals surface area contributed by atoms with E-state index in [0.29, 0.717) is 11.2 Å². The minimum absolute atomic E-state index is 0.463. The van der Waals surface area contributed by atoms with Gasteiger partial charge in [0, 0.05) is 12.1 Å². The van der Waals surface area contributed by atoms with E-state index in [-0.39, 0.29) is 0 Å². The average molecular weight is 248 g/mol. The first-order valence-corrected chi connectivity index (χ1v) is 7.04. The summed E-state index contributed by atoms with van der Waals surface area (Å²) in [4.78, 5) is 8.39. The largest absolute Gasteiger partial charge is 0.383 e. The van der Waals surface area contributed by atoms with Crippen molar-refractivity contribution in [3.63, 3.8) is 0 Å². The minimum atomic E-state index is 0.463. The van der Waals surface area contributed by atoms with Gasteiger partial charge in [-0.3, -0.25) is 0 Å². The van der Waals surface area contributed by atoms with Gasteiger partial charge < -0.3 is 11.1 Å². The molecule has 1 aromatic rings. The normalized spacial score (nSPS) is 17.9. The van der Waals surface area contributed by atoms with Crippen LogP contribution in [0, 0.1) is 5.41 Å². The first kappa shape index (κ1) is 13.1. The number of aromatic nitrogens is 2. The lowest BCUT2D eigenvalue weighted by Gasteiger charge is -2.28. The molecule has 18 heavy (non-hydrogen) atoms. The molecule has 1 heterocycles. The van der Waals surface area contributed by atoms with Crippen molar-refractivity contribution in [1.29, 1.82) is 0 Å². The van der Waals surface area contributed by atoms with Gasteiger partial charge in [-0.15, -0.1) is 0 Å². The summed E-state index contributed by atoms with van der Waals surface area (Å²) in [6.07, 6.45) is 9.04. The topological polar surface area (TPSA) is 63.8 Å². The van der Waals surface area contributed by atoms with Crippen LogP contribution >= 0.6 is 0 Å². The van der Waals surface area contributed by atoms with Gasteiger partial charge >= 0.3 is 0 Å². The summed E-state index contributed by atoms with van der Waals surface area (Å²) in [7, 11) is 0. The van der Waals surface area contributed by atoms with Gasteiger partial charge in [-0.2, -0.15) is 0 Å². The number of nitrogens with two attached hydrogens (primary N) is 1. The fourth-order valence-electron chi connectivity index (χ4n) is 2.98. The summed E-state index contributed by atoms with van der Waals surface area (Å²) in [6.45, 7) is 5.39. The van der Waals surface area contributed by atoms with Gasteiger partial charge in [-0.25, -0.2) is 9.97 Å². The highest BCUT2D eigenvalue weighted by Crippen LogP contribution is 2.41. The smallest absolute Gasteiger partial charge is 0.134 e. The SMILES string of the molecule is CCc1c(N)ncnc1NCC1(CC)CCCC1. The molecule has 1 saturated carbocycles. The van der Waals surface area contributed by atoms with Crippen molar-refractivity contribution in [3.05, 3.63) is 11.9 Å². The predicted molar refractivity (Wildman–Crippen MR) is 75.5 cm³/mol. The van der Waals surface area contributed by atoms with Gasteiger partial charge in [-0.05, 0) is 31.1 Å². The molecule has 4 nitrogen and oxygen atoms in total. The molecule has 4 heteroatoms. The molecular formula is C14H24N4. The van der Waals surface area contributed by atoms with Gasteiger partial charge in [0.25, 0.3) is 0 Å². The van der Waals surface area contributed by atoms with Crippen LogP contribution in [0.2, 0.25) is 0 Å². The Hall–Kier alpha value is -1.32. The maximum absolute atomic E-state index is 5.89. The average Bonchev–Trinajstić information content (AvgIpc) is 2.86. The number of nitrogen functional groups attached to an aromatic ring is 1. The molecule has 3 N–H and O–H groups in total. The van der Waals surface area contributed by atoms with E-state index in [4.69, 9.17) is 5.73 Å². The Morgan fingerprint density at radius 3 is 2.61 bits per heavy atom. The quantitative estimate of drug-likeness (QED) is 0.840. The lowest BCUT2D eigenvalue weighted by Crippen LogP contribution is -2.26. The van der Waals surface area contributed by atoms with Crippen molar-refractivity contribution in [2.45, 2.75) is 52.4 Å². The third kappa shape index (κ3) is 2.57. The number of rotatable bonds is 5. The van der Waals surface area contributed by atoms with Gasteiger partial charge in [0.1, 0.15) is 18.0 Å². The lowest BCUT2D eigenvalue weighted by molar-refractivity contribution is 0.306. The molecule has 0 spiro atoms. The van der Waals surface area contributed by atoms with E-state index in [1.165, 1.54) is 32.1 Å². The lowest BCUT2D eigenvalue weighted by atomic mass is 9.83. The van der Waals surface area contributed by atoms with E-state index in [9.17, 15) is 0 Å². The van der Waals surface area contributed by atoms with Crippen LogP contribution in [0.3, 0.4) is 0 Å². The molecule has 1 fully saturated rings. The second kappa shape index (κ2) is 5.55. The molecular weight excluding hydrogens is 224 g/mol. The highest BCUT2D eigenvalue weighted by atomic mass is 15.0. The summed E-state index contributed by atoms with van der Waals surface area (Å²) in [5.41, 5.74) is 7.40. The van der Waals surface area contributed by atoms with Crippen LogP contribution in [0.5, 0.6) is 0 Å². The molecule has 1 aliphatic carbocycles. The van der Waals surface area contributed by atoms with E-state index >= 15 is 0 Å². The van der Waals surface area contributed by atoms with Crippen molar-refractivity contribution >= 4 is 11.6 Å². The van der Waals surface area contributed by atoms with E-state index < -0.39 is 0 Å². The standard InChI is InChI=1S/C14H24N4/c1-3-11-12(15)17-10-18-13(11)16-9-14(4-2)7-5-6-8-14/h10H,3-9H2,1-2H3,(H3,15,16,17,18). The number of nitrogens with zero attached hydrogens (tertiary/aromatic N) is 2. The summed E-state index contributed by atoms with van der Waals surface area (Å²) < 4.78 is 0. The maximum Gasteiger partial charge on any atom is 0.134 e. The van der Waals surface area contributed by atoms with Gasteiger partial charge in [0.05, 0.1) is 0 Å². The Kier molecular flexibility index (Phi) is 4.04. The highest BCUT2D eigenvalue weighted by molar-refractivity contribution is 5.54. The van der Waals surface area contributed by atoms with Gasteiger partial charge in [0.2, 0.25) is 0 Å². The zero-order valence-corrected chi connectivity index (χ0v) is 11.5. The fourth-order valence-corrected chi connectivity index (χ4v) is 2.98. The van der Waals surface area contributed by atoms with Crippen molar-refractivity contribution in [3.8, 4) is 0 Å². The van der Waals surface area contributed by atoms with Crippen molar-refractivity contribution in [2.75, 3.05) is 17.6 Å². The third-order valence-electron chi connectivity index (χ3n) is 4.38. The Bertz CT molecular complexity index is 397. The molecule has 0 radical (unpaired) electrons. The van der Waals surface area contributed by atoms with Crippen molar-refractivity contribution in [1.82, 2.24) is 9.97 Å². The van der Waals surface area contributed by atoms with Crippen LogP contribution in [-0.4, -0.2) is 16.5 Å².